The fourth-order valence-electron chi connectivity index (χ4n) is 2.62. The van der Waals surface area contributed by atoms with E-state index in [4.69, 9.17) is 10.5 Å². The highest BCUT2D eigenvalue weighted by molar-refractivity contribution is 5.96. The van der Waals surface area contributed by atoms with E-state index >= 15 is 0 Å². The van der Waals surface area contributed by atoms with E-state index in [1.807, 2.05) is 30.3 Å². The van der Waals surface area contributed by atoms with Crippen molar-refractivity contribution in [1.82, 2.24) is 16.2 Å². The van der Waals surface area contributed by atoms with Gasteiger partial charge in [0.15, 0.2) is 0 Å². The summed E-state index contributed by atoms with van der Waals surface area (Å²) in [5.74, 6) is 0.146. The van der Waals surface area contributed by atoms with Crippen molar-refractivity contribution >= 4 is 17.8 Å². The maximum Gasteiger partial charge on any atom is 0.312 e. The number of benzene rings is 2. The lowest BCUT2D eigenvalue weighted by molar-refractivity contribution is -0.123. The van der Waals surface area contributed by atoms with E-state index in [-0.39, 0.29) is 6.42 Å². The molecule has 0 aromatic heterocycles. The molecule has 0 spiro atoms. The minimum absolute atomic E-state index is 0.230. The number of amides is 4. The topological polar surface area (TPSA) is 123 Å². The molecule has 0 saturated carbocycles. The third-order valence-electron chi connectivity index (χ3n) is 4.30. The van der Waals surface area contributed by atoms with Gasteiger partial charge in [-0.2, -0.15) is 0 Å². The minimum atomic E-state index is -0.929. The Balaban J connectivity index is 1.89. The highest BCUT2D eigenvalue weighted by atomic mass is 16.5. The SMILES string of the molecule is CC(C)CCOc1ccc(C(=O)NNC(=O)C(Cc2ccccc2)NC(N)=O)cc1. The molecule has 0 aliphatic carbocycles. The molecular weight excluding hydrogens is 384 g/mol. The number of hydrogen-bond donors (Lipinski definition) is 4. The number of nitrogens with two attached hydrogens (primary N) is 1. The molecule has 1 atom stereocenters. The summed E-state index contributed by atoms with van der Waals surface area (Å²) in [6.07, 6.45) is 1.17. The van der Waals surface area contributed by atoms with Gasteiger partial charge in [-0.1, -0.05) is 44.2 Å². The molecular formula is C22H28N4O4. The van der Waals surface area contributed by atoms with Crippen LogP contribution in [0.1, 0.15) is 36.2 Å². The lowest BCUT2D eigenvalue weighted by Gasteiger charge is -2.18. The molecule has 30 heavy (non-hydrogen) atoms. The van der Waals surface area contributed by atoms with Crippen LogP contribution in [0.15, 0.2) is 54.6 Å². The number of rotatable bonds is 9. The number of nitrogens with one attached hydrogen (secondary N) is 3. The van der Waals surface area contributed by atoms with Gasteiger partial charge in [0.05, 0.1) is 6.61 Å². The Bertz CT molecular complexity index is 838. The molecule has 0 fully saturated rings. The summed E-state index contributed by atoms with van der Waals surface area (Å²) >= 11 is 0. The van der Waals surface area contributed by atoms with E-state index in [1.165, 1.54) is 0 Å². The molecule has 0 saturated heterocycles. The summed E-state index contributed by atoms with van der Waals surface area (Å²) in [6, 6.07) is 14.0. The van der Waals surface area contributed by atoms with Crippen LogP contribution >= 0.6 is 0 Å². The predicted octanol–water partition coefficient (Wildman–Crippen LogP) is 2.15. The number of carbonyl (C=O) groups excluding carboxylic acids is 3. The fourth-order valence-corrected chi connectivity index (χ4v) is 2.62. The van der Waals surface area contributed by atoms with Crippen LogP contribution in [-0.2, 0) is 11.2 Å². The second-order valence-corrected chi connectivity index (χ2v) is 7.25. The van der Waals surface area contributed by atoms with Crippen LogP contribution in [0, 0.1) is 5.92 Å². The fraction of sp³-hybridized carbons (Fsp3) is 0.318. The predicted molar refractivity (Wildman–Crippen MR) is 114 cm³/mol. The first-order valence-electron chi connectivity index (χ1n) is 9.78. The lowest BCUT2D eigenvalue weighted by Crippen LogP contribution is -2.54. The maximum atomic E-state index is 12.4. The molecule has 2 rings (SSSR count). The second kappa shape index (κ2) is 11.5. The number of hydrogen-bond acceptors (Lipinski definition) is 4. The highest BCUT2D eigenvalue weighted by Crippen LogP contribution is 2.13. The van der Waals surface area contributed by atoms with Gasteiger partial charge in [0, 0.05) is 12.0 Å². The quantitative estimate of drug-likeness (QED) is 0.471. The Morgan fingerprint density at radius 2 is 1.63 bits per heavy atom. The van der Waals surface area contributed by atoms with Gasteiger partial charge in [0.2, 0.25) is 0 Å². The first kappa shape index (κ1) is 22.7. The van der Waals surface area contributed by atoms with E-state index in [9.17, 15) is 14.4 Å². The average molecular weight is 412 g/mol. The van der Waals surface area contributed by atoms with Crippen LogP contribution in [0.3, 0.4) is 0 Å². The normalized spacial score (nSPS) is 11.4. The van der Waals surface area contributed by atoms with Crippen molar-refractivity contribution in [1.29, 1.82) is 0 Å². The van der Waals surface area contributed by atoms with Crippen molar-refractivity contribution in [3.63, 3.8) is 0 Å². The zero-order valence-corrected chi connectivity index (χ0v) is 17.2. The van der Waals surface area contributed by atoms with E-state index < -0.39 is 23.9 Å². The molecule has 160 valence electrons. The Labute approximate surface area is 176 Å². The molecule has 0 aliphatic heterocycles. The van der Waals surface area contributed by atoms with Crippen LogP contribution in [-0.4, -0.2) is 30.5 Å². The summed E-state index contributed by atoms with van der Waals surface area (Å²) in [5, 5.41) is 2.39. The van der Waals surface area contributed by atoms with Gasteiger partial charge in [-0.05, 0) is 42.2 Å². The molecule has 1 unspecified atom stereocenters. The molecule has 5 N–H and O–H groups in total. The van der Waals surface area contributed by atoms with Gasteiger partial charge in [-0.15, -0.1) is 0 Å². The van der Waals surface area contributed by atoms with Crippen LogP contribution in [0.4, 0.5) is 4.79 Å². The Morgan fingerprint density at radius 3 is 2.23 bits per heavy atom. The molecule has 0 aliphatic rings. The molecule has 0 bridgehead atoms. The van der Waals surface area contributed by atoms with Gasteiger partial charge < -0.3 is 15.8 Å². The van der Waals surface area contributed by atoms with E-state index in [0.717, 1.165) is 12.0 Å². The molecule has 2 aromatic rings. The van der Waals surface area contributed by atoms with Crippen LogP contribution in [0.25, 0.3) is 0 Å². The summed E-state index contributed by atoms with van der Waals surface area (Å²) < 4.78 is 5.62. The van der Waals surface area contributed by atoms with Crippen LogP contribution in [0.2, 0.25) is 0 Å². The zero-order valence-electron chi connectivity index (χ0n) is 17.2. The largest absolute Gasteiger partial charge is 0.494 e. The highest BCUT2D eigenvalue weighted by Gasteiger charge is 2.21. The first-order chi connectivity index (χ1) is 14.3. The average Bonchev–Trinajstić information content (AvgIpc) is 2.72. The molecule has 2 aromatic carbocycles. The van der Waals surface area contributed by atoms with Gasteiger partial charge >= 0.3 is 6.03 Å². The van der Waals surface area contributed by atoms with Crippen molar-refractivity contribution < 1.29 is 19.1 Å². The molecule has 0 radical (unpaired) electrons. The molecule has 8 nitrogen and oxygen atoms in total. The number of carbonyl (C=O) groups is 3. The molecule has 0 heterocycles. The van der Waals surface area contributed by atoms with E-state index in [2.05, 4.69) is 30.0 Å². The molecule has 8 heteroatoms. The van der Waals surface area contributed by atoms with Gasteiger partial charge in [-0.3, -0.25) is 20.4 Å². The van der Waals surface area contributed by atoms with E-state index in [1.54, 1.807) is 24.3 Å². The maximum absolute atomic E-state index is 12.4. The summed E-state index contributed by atoms with van der Waals surface area (Å²) in [4.78, 5) is 36.0. The summed E-state index contributed by atoms with van der Waals surface area (Å²) in [7, 11) is 0. The molecule has 4 amide bonds. The van der Waals surface area contributed by atoms with Crippen LogP contribution in [0.5, 0.6) is 5.75 Å². The number of hydrazine groups is 1. The van der Waals surface area contributed by atoms with Crippen molar-refractivity contribution in [3.8, 4) is 5.75 Å². The van der Waals surface area contributed by atoms with Crippen LogP contribution < -0.4 is 26.6 Å². The third-order valence-corrected chi connectivity index (χ3v) is 4.30. The number of primary amides is 1. The number of ether oxygens (including phenoxy) is 1. The Hall–Kier alpha value is -3.55. The number of urea groups is 1. The van der Waals surface area contributed by atoms with Crippen molar-refractivity contribution in [2.45, 2.75) is 32.7 Å². The summed E-state index contributed by atoms with van der Waals surface area (Å²) in [6.45, 7) is 4.85. The van der Waals surface area contributed by atoms with Crippen molar-refractivity contribution in [2.75, 3.05) is 6.61 Å². The van der Waals surface area contributed by atoms with Gasteiger partial charge in [-0.25, -0.2) is 4.79 Å². The third kappa shape index (κ3) is 7.83. The van der Waals surface area contributed by atoms with Crippen molar-refractivity contribution in [2.24, 2.45) is 11.7 Å². The minimum Gasteiger partial charge on any atom is -0.494 e. The summed E-state index contributed by atoms with van der Waals surface area (Å²) in [5.41, 5.74) is 11.0. The standard InChI is InChI=1S/C22H28N4O4/c1-15(2)12-13-30-18-10-8-17(9-11-18)20(27)25-26-21(28)19(24-22(23)29)14-16-6-4-3-5-7-16/h3-11,15,19H,12-14H2,1-2H3,(H,25,27)(H,26,28)(H3,23,24,29). The Kier molecular flexibility index (Phi) is 8.68. The lowest BCUT2D eigenvalue weighted by atomic mass is 10.1. The zero-order chi connectivity index (χ0) is 21.9. The smallest absolute Gasteiger partial charge is 0.312 e. The van der Waals surface area contributed by atoms with Crippen molar-refractivity contribution in [3.05, 3.63) is 65.7 Å². The van der Waals surface area contributed by atoms with Gasteiger partial charge in [0.1, 0.15) is 11.8 Å². The second-order valence-electron chi connectivity index (χ2n) is 7.25. The van der Waals surface area contributed by atoms with E-state index in [0.29, 0.717) is 23.8 Å². The van der Waals surface area contributed by atoms with Gasteiger partial charge in [0.25, 0.3) is 11.8 Å². The monoisotopic (exact) mass is 412 g/mol. The first-order valence-corrected chi connectivity index (χ1v) is 9.78. The Morgan fingerprint density at radius 1 is 0.967 bits per heavy atom.